The fourth-order valence-electron chi connectivity index (χ4n) is 4.48. The molecule has 0 bridgehead atoms. The Balaban J connectivity index is 1.53. The van der Waals surface area contributed by atoms with E-state index in [9.17, 15) is 9.59 Å². The first-order valence-corrected chi connectivity index (χ1v) is 12.8. The van der Waals surface area contributed by atoms with Crippen LogP contribution in [0.5, 0.6) is 5.75 Å². The Morgan fingerprint density at radius 2 is 1.54 bits per heavy atom. The molecule has 1 atom stereocenters. The number of aromatic nitrogens is 3. The van der Waals surface area contributed by atoms with E-state index in [4.69, 9.17) is 4.74 Å². The summed E-state index contributed by atoms with van der Waals surface area (Å²) in [5.41, 5.74) is 3.65. The minimum Gasteiger partial charge on any atom is -0.494 e. The van der Waals surface area contributed by atoms with Crippen LogP contribution in [0.4, 0.5) is 5.69 Å². The summed E-state index contributed by atoms with van der Waals surface area (Å²) in [6.45, 7) is 2.69. The average Bonchev–Trinajstić information content (AvgIpc) is 3.39. The quantitative estimate of drug-likeness (QED) is 0.283. The van der Waals surface area contributed by atoms with Gasteiger partial charge >= 0.3 is 0 Å². The highest BCUT2D eigenvalue weighted by molar-refractivity contribution is 6.01. The number of rotatable bonds is 10. The molecule has 0 saturated carbocycles. The standard InChI is InChI=1S/C31H29N5O3/c1-2-39-26-19-17-24(18-20-26)30(31(38)32-21-23-11-5-3-6-12-23)36(25-13-7-4-8-14-25)29(37)22-35-28-16-10-9-15-27(28)33-34-35/h3-20,30H,2,21-22H2,1H3,(H,32,38)/t30-/m1/s1. The van der Waals surface area contributed by atoms with Gasteiger partial charge in [-0.05, 0) is 54.4 Å². The Kier molecular flexibility index (Phi) is 7.92. The molecule has 1 aromatic heterocycles. The minimum absolute atomic E-state index is 0.0884. The van der Waals surface area contributed by atoms with E-state index in [1.807, 2.05) is 116 Å². The lowest BCUT2D eigenvalue weighted by molar-refractivity contribution is -0.127. The van der Waals surface area contributed by atoms with Crippen LogP contribution in [-0.2, 0) is 22.7 Å². The molecule has 196 valence electrons. The van der Waals surface area contributed by atoms with E-state index in [2.05, 4.69) is 15.6 Å². The molecule has 1 heterocycles. The van der Waals surface area contributed by atoms with Gasteiger partial charge in [0.15, 0.2) is 0 Å². The van der Waals surface area contributed by atoms with Crippen molar-refractivity contribution in [1.82, 2.24) is 20.3 Å². The maximum atomic E-state index is 14.1. The highest BCUT2D eigenvalue weighted by Crippen LogP contribution is 2.30. The fourth-order valence-corrected chi connectivity index (χ4v) is 4.48. The van der Waals surface area contributed by atoms with Gasteiger partial charge in [0.25, 0.3) is 0 Å². The van der Waals surface area contributed by atoms with Crippen LogP contribution in [0.1, 0.15) is 24.1 Å². The molecule has 8 nitrogen and oxygen atoms in total. The molecular weight excluding hydrogens is 490 g/mol. The first-order valence-electron chi connectivity index (χ1n) is 12.8. The lowest BCUT2D eigenvalue weighted by atomic mass is 10.0. The number of hydrogen-bond acceptors (Lipinski definition) is 5. The first kappa shape index (κ1) is 25.7. The molecule has 1 N–H and O–H groups in total. The van der Waals surface area contributed by atoms with Crippen molar-refractivity contribution < 1.29 is 14.3 Å². The van der Waals surface area contributed by atoms with Crippen LogP contribution in [0.3, 0.4) is 0 Å². The highest BCUT2D eigenvalue weighted by Gasteiger charge is 2.33. The SMILES string of the molecule is CCOc1ccc([C@H](C(=O)NCc2ccccc2)N(C(=O)Cn2nnc3ccccc32)c2ccccc2)cc1. The van der Waals surface area contributed by atoms with E-state index in [-0.39, 0.29) is 18.4 Å². The van der Waals surface area contributed by atoms with Crippen molar-refractivity contribution in [2.75, 3.05) is 11.5 Å². The smallest absolute Gasteiger partial charge is 0.249 e. The molecule has 2 amide bonds. The molecule has 0 aliphatic rings. The number of nitrogens with zero attached hydrogens (tertiary/aromatic N) is 4. The summed E-state index contributed by atoms with van der Waals surface area (Å²) in [5, 5.41) is 11.4. The largest absolute Gasteiger partial charge is 0.494 e. The highest BCUT2D eigenvalue weighted by atomic mass is 16.5. The number of benzene rings is 4. The molecule has 4 aromatic carbocycles. The Hall–Kier alpha value is -4.98. The number of amides is 2. The van der Waals surface area contributed by atoms with Crippen molar-refractivity contribution in [1.29, 1.82) is 0 Å². The van der Waals surface area contributed by atoms with Crippen molar-refractivity contribution in [2.24, 2.45) is 0 Å². The lowest BCUT2D eigenvalue weighted by Gasteiger charge is -2.31. The molecule has 39 heavy (non-hydrogen) atoms. The molecule has 8 heteroatoms. The third-order valence-electron chi connectivity index (χ3n) is 6.33. The zero-order chi connectivity index (χ0) is 27.0. The number of fused-ring (bicyclic) bond motifs is 1. The van der Waals surface area contributed by atoms with Crippen LogP contribution < -0.4 is 15.0 Å². The molecule has 0 unspecified atom stereocenters. The Bertz CT molecular complexity index is 1540. The number of carbonyl (C=O) groups excluding carboxylic acids is 2. The van der Waals surface area contributed by atoms with E-state index in [1.165, 1.54) is 4.90 Å². The second kappa shape index (κ2) is 12.0. The molecule has 5 rings (SSSR count). The van der Waals surface area contributed by atoms with Gasteiger partial charge in [0.2, 0.25) is 11.8 Å². The average molecular weight is 520 g/mol. The van der Waals surface area contributed by atoms with Crippen molar-refractivity contribution in [2.45, 2.75) is 26.1 Å². The summed E-state index contributed by atoms with van der Waals surface area (Å²) in [6.07, 6.45) is 0. The van der Waals surface area contributed by atoms with E-state index >= 15 is 0 Å². The maximum absolute atomic E-state index is 14.1. The van der Waals surface area contributed by atoms with E-state index in [0.717, 1.165) is 11.1 Å². The first-order chi connectivity index (χ1) is 19.1. The van der Waals surface area contributed by atoms with Gasteiger partial charge in [0.1, 0.15) is 23.9 Å². The second-order valence-corrected chi connectivity index (χ2v) is 8.94. The van der Waals surface area contributed by atoms with Gasteiger partial charge in [-0.15, -0.1) is 5.10 Å². The van der Waals surface area contributed by atoms with E-state index in [0.29, 0.717) is 35.7 Å². The molecule has 5 aromatic rings. The predicted octanol–water partition coefficient (Wildman–Crippen LogP) is 4.92. The van der Waals surface area contributed by atoms with Crippen LogP contribution in [0.2, 0.25) is 0 Å². The lowest BCUT2D eigenvalue weighted by Crippen LogP contribution is -2.45. The number of anilines is 1. The fraction of sp³-hybridized carbons (Fsp3) is 0.161. The van der Waals surface area contributed by atoms with E-state index in [1.54, 1.807) is 4.68 Å². The molecule has 0 spiro atoms. The van der Waals surface area contributed by atoms with Gasteiger partial charge in [-0.2, -0.15) is 0 Å². The molecule has 0 radical (unpaired) electrons. The van der Waals surface area contributed by atoms with Gasteiger partial charge in [-0.3, -0.25) is 14.5 Å². The third-order valence-corrected chi connectivity index (χ3v) is 6.33. The normalized spacial score (nSPS) is 11.6. The molecule has 0 aliphatic carbocycles. The van der Waals surface area contributed by atoms with Gasteiger partial charge in [-0.25, -0.2) is 4.68 Å². The molecular formula is C31H29N5O3. The monoisotopic (exact) mass is 519 g/mol. The number of para-hydroxylation sites is 2. The summed E-state index contributed by atoms with van der Waals surface area (Å²) < 4.78 is 7.17. The molecule has 0 fully saturated rings. The van der Waals surface area contributed by atoms with Crippen molar-refractivity contribution in [3.05, 3.63) is 120 Å². The Morgan fingerprint density at radius 1 is 0.872 bits per heavy atom. The number of hydrogen-bond donors (Lipinski definition) is 1. The van der Waals surface area contributed by atoms with Crippen LogP contribution in [0, 0.1) is 0 Å². The van der Waals surface area contributed by atoms with Crippen LogP contribution in [0.15, 0.2) is 109 Å². The second-order valence-electron chi connectivity index (χ2n) is 8.94. The van der Waals surface area contributed by atoms with Crippen molar-refractivity contribution >= 4 is 28.5 Å². The third kappa shape index (κ3) is 5.96. The molecule has 0 aliphatic heterocycles. The van der Waals surface area contributed by atoms with Gasteiger partial charge < -0.3 is 10.1 Å². The predicted molar refractivity (Wildman–Crippen MR) is 150 cm³/mol. The Labute approximate surface area is 226 Å². The molecule has 0 saturated heterocycles. The maximum Gasteiger partial charge on any atom is 0.249 e. The summed E-state index contributed by atoms with van der Waals surface area (Å²) >= 11 is 0. The zero-order valence-corrected chi connectivity index (χ0v) is 21.6. The number of nitrogens with one attached hydrogen (secondary N) is 1. The number of carbonyl (C=O) groups is 2. The van der Waals surface area contributed by atoms with Gasteiger partial charge in [0, 0.05) is 12.2 Å². The summed E-state index contributed by atoms with van der Waals surface area (Å²) in [4.78, 5) is 29.5. The van der Waals surface area contributed by atoms with E-state index < -0.39 is 6.04 Å². The van der Waals surface area contributed by atoms with Crippen LogP contribution in [0.25, 0.3) is 11.0 Å². The zero-order valence-electron chi connectivity index (χ0n) is 21.6. The van der Waals surface area contributed by atoms with Gasteiger partial charge in [-0.1, -0.05) is 78.0 Å². The van der Waals surface area contributed by atoms with Crippen LogP contribution in [-0.4, -0.2) is 33.4 Å². The van der Waals surface area contributed by atoms with Gasteiger partial charge in [0.05, 0.1) is 12.1 Å². The van der Waals surface area contributed by atoms with Crippen LogP contribution >= 0.6 is 0 Å². The number of ether oxygens (including phenoxy) is 1. The van der Waals surface area contributed by atoms with Crippen molar-refractivity contribution in [3.8, 4) is 5.75 Å². The minimum atomic E-state index is -0.936. The van der Waals surface area contributed by atoms with Crippen molar-refractivity contribution in [3.63, 3.8) is 0 Å². The summed E-state index contributed by atoms with van der Waals surface area (Å²) in [7, 11) is 0. The topological polar surface area (TPSA) is 89.4 Å². The summed E-state index contributed by atoms with van der Waals surface area (Å²) in [6, 6.07) is 32.7. The Morgan fingerprint density at radius 3 is 2.26 bits per heavy atom. The summed E-state index contributed by atoms with van der Waals surface area (Å²) in [5.74, 6) is 0.0885.